The van der Waals surface area contributed by atoms with E-state index in [2.05, 4.69) is 76.2 Å². The Morgan fingerprint density at radius 2 is 0.667 bits per heavy atom. The normalized spacial score (nSPS) is 13.6. The summed E-state index contributed by atoms with van der Waals surface area (Å²) >= 11 is 0. The van der Waals surface area contributed by atoms with Crippen LogP contribution in [0, 0.1) is 22.2 Å². The molecule has 0 saturated carbocycles. The molecule has 0 N–H and O–H groups in total. The van der Waals surface area contributed by atoms with E-state index in [4.69, 9.17) is 0 Å². The summed E-state index contributed by atoms with van der Waals surface area (Å²) in [6, 6.07) is 0. The topological polar surface area (TPSA) is 0 Å². The fourth-order valence-corrected chi connectivity index (χ4v) is 0. The van der Waals surface area contributed by atoms with Crippen LogP contribution >= 0.6 is 0 Å². The summed E-state index contributed by atoms with van der Waals surface area (Å²) < 4.78 is 0. The van der Waals surface area contributed by atoms with Crippen LogP contribution in [0.15, 0.2) is 0 Å². The Kier molecular flexibility index (Phi) is 6.22. The summed E-state index contributed by atoms with van der Waals surface area (Å²) in [5.41, 5.74) is 1.38. The summed E-state index contributed by atoms with van der Waals surface area (Å²) in [5, 5.41) is 0. The highest BCUT2D eigenvalue weighted by atomic mass is 14.3. The van der Waals surface area contributed by atoms with E-state index in [0.29, 0.717) is 16.2 Å². The molecule has 0 aliphatic rings. The van der Waals surface area contributed by atoms with Crippen molar-refractivity contribution in [3.63, 3.8) is 0 Å². The number of hydrogen-bond donors (Lipinski definition) is 0. The van der Waals surface area contributed by atoms with Crippen molar-refractivity contribution < 1.29 is 0 Å². The van der Waals surface area contributed by atoms with Gasteiger partial charge in [-0.1, -0.05) is 76.2 Å². The van der Waals surface area contributed by atoms with Crippen LogP contribution in [-0.2, 0) is 0 Å². The third-order valence-corrected chi connectivity index (χ3v) is 3.98. The molecule has 0 aliphatic heterocycles. The monoisotopic (exact) mass is 214 g/mol. The van der Waals surface area contributed by atoms with E-state index >= 15 is 0 Å². The Morgan fingerprint density at radius 3 is 0.667 bits per heavy atom. The molecule has 0 nitrogen and oxygen atoms in total. The maximum absolute atomic E-state index is 2.27. The van der Waals surface area contributed by atoms with Crippen molar-refractivity contribution in [1.82, 2.24) is 0 Å². The molecular weight excluding hydrogens is 180 g/mol. The van der Waals surface area contributed by atoms with Gasteiger partial charge < -0.3 is 0 Å². The Hall–Kier alpha value is 0. The molecule has 0 aliphatic carbocycles. The van der Waals surface area contributed by atoms with Gasteiger partial charge in [-0.05, 0) is 22.2 Å². The van der Waals surface area contributed by atoms with Crippen molar-refractivity contribution in [2.75, 3.05) is 0 Å². The van der Waals surface area contributed by atoms with Crippen LogP contribution in [0.25, 0.3) is 0 Å². The van der Waals surface area contributed by atoms with Gasteiger partial charge in [0.15, 0.2) is 0 Å². The van der Waals surface area contributed by atoms with Crippen LogP contribution in [0.1, 0.15) is 76.2 Å². The van der Waals surface area contributed by atoms with E-state index in [0.717, 1.165) is 5.92 Å². The quantitative estimate of drug-likeness (QED) is 0.480. The fourth-order valence-electron chi connectivity index (χ4n) is 0. The minimum absolute atomic E-state index is 0.437. The van der Waals surface area contributed by atoms with Gasteiger partial charge in [-0.3, -0.25) is 0 Å². The van der Waals surface area contributed by atoms with Crippen LogP contribution < -0.4 is 0 Å². The lowest BCUT2D eigenvalue weighted by Crippen LogP contribution is -2.25. The molecule has 0 heteroatoms. The van der Waals surface area contributed by atoms with Crippen molar-refractivity contribution in [1.29, 1.82) is 0 Å². The zero-order valence-electron chi connectivity index (χ0n) is 13.1. The molecule has 0 amide bonds. The minimum Gasteiger partial charge on any atom is -0.0623 e. The van der Waals surface area contributed by atoms with E-state index in [1.807, 2.05) is 0 Å². The van der Waals surface area contributed by atoms with Gasteiger partial charge in [-0.15, -0.1) is 0 Å². The average Bonchev–Trinajstić information content (AvgIpc) is 1.80. The third-order valence-electron chi connectivity index (χ3n) is 3.98. The van der Waals surface area contributed by atoms with Crippen LogP contribution in [0.3, 0.4) is 0 Å². The second kappa shape index (κ2) is 5.37. The molecule has 0 aromatic carbocycles. The van der Waals surface area contributed by atoms with Crippen molar-refractivity contribution in [2.45, 2.75) is 76.2 Å². The lowest BCUT2D eigenvalue weighted by Gasteiger charge is -2.34. The molecule has 0 atom stereocenters. The Morgan fingerprint density at radius 1 is 0.533 bits per heavy atom. The molecule has 0 unspecified atom stereocenters. The largest absolute Gasteiger partial charge is 0.0623 e. The number of hydrogen-bond acceptors (Lipinski definition) is 0. The summed E-state index contributed by atoms with van der Waals surface area (Å²) in [6.45, 7) is 24.9. The van der Waals surface area contributed by atoms with Gasteiger partial charge in [0.05, 0.1) is 0 Å². The molecule has 0 fully saturated rings. The summed E-state index contributed by atoms with van der Waals surface area (Å²) in [4.78, 5) is 0. The molecule has 0 spiro atoms. The molecule has 0 radical (unpaired) electrons. The van der Waals surface area contributed by atoms with Crippen molar-refractivity contribution in [3.05, 3.63) is 0 Å². The van der Waals surface area contributed by atoms with E-state index in [1.54, 1.807) is 0 Å². The first-order valence-electron chi connectivity index (χ1n) is 6.19. The summed E-state index contributed by atoms with van der Waals surface area (Å²) in [6.07, 6.45) is 0. The average molecular weight is 214 g/mol. The van der Waals surface area contributed by atoms with Gasteiger partial charge in [-0.25, -0.2) is 0 Å². The standard InChI is InChI=1S/C8H18.C7H16/c1-7(2,3)8(4,5)6;1-6(2)7(3,4)5/h1-6H3;6H,1-5H3. The predicted molar refractivity (Wildman–Crippen MR) is 73.2 cm³/mol. The fraction of sp³-hybridized carbons (Fsp3) is 1.00. The lowest BCUT2D eigenvalue weighted by atomic mass is 9.71. The van der Waals surface area contributed by atoms with Gasteiger partial charge >= 0.3 is 0 Å². The lowest BCUT2D eigenvalue weighted by molar-refractivity contribution is 0.157. The van der Waals surface area contributed by atoms with Crippen LogP contribution in [0.2, 0.25) is 0 Å². The van der Waals surface area contributed by atoms with Crippen molar-refractivity contribution >= 4 is 0 Å². The number of rotatable bonds is 0. The van der Waals surface area contributed by atoms with Crippen molar-refractivity contribution in [3.8, 4) is 0 Å². The molecule has 0 aromatic heterocycles. The molecule has 94 valence electrons. The summed E-state index contributed by atoms with van der Waals surface area (Å²) in [5.74, 6) is 0.799. The van der Waals surface area contributed by atoms with E-state index in [1.165, 1.54) is 0 Å². The van der Waals surface area contributed by atoms with Gasteiger partial charge in [0, 0.05) is 0 Å². The zero-order chi connectivity index (χ0) is 13.1. The molecule has 0 bridgehead atoms. The van der Waals surface area contributed by atoms with E-state index < -0.39 is 0 Å². The van der Waals surface area contributed by atoms with E-state index in [-0.39, 0.29) is 0 Å². The SMILES string of the molecule is CC(C)(C)C(C)(C)C.CC(C)C(C)(C)C. The first-order chi connectivity index (χ1) is 6.19. The molecule has 0 rings (SSSR count). The molecular formula is C15H34. The smallest absolute Gasteiger partial charge is 0.0334 e. The summed E-state index contributed by atoms with van der Waals surface area (Å²) in [7, 11) is 0. The van der Waals surface area contributed by atoms with Crippen LogP contribution in [0.4, 0.5) is 0 Å². The highest BCUT2D eigenvalue weighted by molar-refractivity contribution is 4.77. The maximum Gasteiger partial charge on any atom is -0.0334 e. The molecule has 0 saturated heterocycles. The maximum atomic E-state index is 2.27. The molecule has 0 heterocycles. The minimum atomic E-state index is 0.437. The van der Waals surface area contributed by atoms with Gasteiger partial charge in [-0.2, -0.15) is 0 Å². The second-order valence-electron chi connectivity index (χ2n) is 8.02. The van der Waals surface area contributed by atoms with Crippen LogP contribution in [-0.4, -0.2) is 0 Å². The van der Waals surface area contributed by atoms with E-state index in [9.17, 15) is 0 Å². The van der Waals surface area contributed by atoms with Crippen LogP contribution in [0.5, 0.6) is 0 Å². The first-order valence-corrected chi connectivity index (χ1v) is 6.19. The highest BCUT2D eigenvalue weighted by Gasteiger charge is 2.26. The Labute approximate surface area is 98.9 Å². The Balaban J connectivity index is 0. The third kappa shape index (κ3) is 8.96. The van der Waals surface area contributed by atoms with Gasteiger partial charge in [0.1, 0.15) is 0 Å². The molecule has 15 heavy (non-hydrogen) atoms. The highest BCUT2D eigenvalue weighted by Crippen LogP contribution is 2.36. The first kappa shape index (κ1) is 17.4. The predicted octanol–water partition coefficient (Wildman–Crippen LogP) is 5.77. The molecule has 0 aromatic rings. The van der Waals surface area contributed by atoms with Gasteiger partial charge in [0.25, 0.3) is 0 Å². The van der Waals surface area contributed by atoms with Gasteiger partial charge in [0.2, 0.25) is 0 Å². The zero-order valence-corrected chi connectivity index (χ0v) is 13.1. The Bertz CT molecular complexity index is 142. The van der Waals surface area contributed by atoms with Crippen molar-refractivity contribution in [2.24, 2.45) is 22.2 Å². The second-order valence-corrected chi connectivity index (χ2v) is 8.02.